The van der Waals surface area contributed by atoms with Crippen LogP contribution in [0.4, 0.5) is 5.82 Å². The summed E-state index contributed by atoms with van der Waals surface area (Å²) in [6.45, 7) is 4.82. The summed E-state index contributed by atoms with van der Waals surface area (Å²) in [5.74, 6) is 1.97. The third kappa shape index (κ3) is 3.52. The molecule has 0 unspecified atom stereocenters. The molecule has 0 saturated carbocycles. The summed E-state index contributed by atoms with van der Waals surface area (Å²) in [5, 5.41) is 1.08. The van der Waals surface area contributed by atoms with Gasteiger partial charge >= 0.3 is 0 Å². The molecule has 0 aromatic carbocycles. The largest absolute Gasteiger partial charge is 0.354 e. The highest BCUT2D eigenvalue weighted by atomic mass is 35.5. The SMILES string of the molecule is CCSc1nc(Cl)c(C)c(N2CCS(=O)(=O)CC2)n1. The van der Waals surface area contributed by atoms with Gasteiger partial charge in [-0.05, 0) is 12.7 Å². The second-order valence-electron chi connectivity index (χ2n) is 4.32. The molecule has 0 spiro atoms. The van der Waals surface area contributed by atoms with E-state index in [1.165, 1.54) is 11.8 Å². The van der Waals surface area contributed by atoms with Crippen LogP contribution in [0.5, 0.6) is 0 Å². The summed E-state index contributed by atoms with van der Waals surface area (Å²) >= 11 is 7.65. The van der Waals surface area contributed by atoms with E-state index in [-0.39, 0.29) is 11.5 Å². The summed E-state index contributed by atoms with van der Waals surface area (Å²) in [6, 6.07) is 0. The molecule has 106 valence electrons. The van der Waals surface area contributed by atoms with E-state index in [4.69, 9.17) is 11.6 Å². The van der Waals surface area contributed by atoms with Crippen molar-refractivity contribution >= 4 is 39.0 Å². The Morgan fingerprint density at radius 2 is 1.95 bits per heavy atom. The summed E-state index contributed by atoms with van der Waals surface area (Å²) in [7, 11) is -2.89. The van der Waals surface area contributed by atoms with Gasteiger partial charge in [-0.2, -0.15) is 0 Å². The predicted octanol–water partition coefficient (Wildman–Crippen LogP) is 1.79. The van der Waals surface area contributed by atoms with Gasteiger partial charge in [0.15, 0.2) is 15.0 Å². The number of anilines is 1. The lowest BCUT2D eigenvalue weighted by Crippen LogP contribution is -2.41. The first-order valence-electron chi connectivity index (χ1n) is 6.05. The van der Waals surface area contributed by atoms with Crippen molar-refractivity contribution in [3.05, 3.63) is 10.7 Å². The second kappa shape index (κ2) is 5.85. The molecule has 2 heterocycles. The maximum atomic E-state index is 11.5. The normalized spacial score (nSPS) is 18.6. The highest BCUT2D eigenvalue weighted by Crippen LogP contribution is 2.27. The Morgan fingerprint density at radius 3 is 2.53 bits per heavy atom. The fourth-order valence-corrected chi connectivity index (χ4v) is 3.87. The third-order valence-electron chi connectivity index (χ3n) is 2.96. The molecule has 2 rings (SSSR count). The number of rotatable bonds is 3. The van der Waals surface area contributed by atoms with Crippen LogP contribution in [-0.4, -0.2) is 48.7 Å². The topological polar surface area (TPSA) is 63.2 Å². The van der Waals surface area contributed by atoms with Crippen molar-refractivity contribution in [2.75, 3.05) is 35.2 Å². The average Bonchev–Trinajstić information content (AvgIpc) is 2.34. The summed E-state index contributed by atoms with van der Waals surface area (Å²) in [4.78, 5) is 10.7. The zero-order valence-electron chi connectivity index (χ0n) is 10.9. The van der Waals surface area contributed by atoms with Crippen LogP contribution in [0.15, 0.2) is 5.16 Å². The molecule has 8 heteroatoms. The number of thioether (sulfide) groups is 1. The van der Waals surface area contributed by atoms with Gasteiger partial charge in [0.25, 0.3) is 0 Å². The molecule has 1 aromatic heterocycles. The minimum Gasteiger partial charge on any atom is -0.354 e. The van der Waals surface area contributed by atoms with Gasteiger partial charge in [0.1, 0.15) is 11.0 Å². The average molecular weight is 322 g/mol. The van der Waals surface area contributed by atoms with Crippen LogP contribution in [0.1, 0.15) is 12.5 Å². The lowest BCUT2D eigenvalue weighted by atomic mass is 10.3. The first kappa shape index (κ1) is 14.9. The Morgan fingerprint density at radius 1 is 1.32 bits per heavy atom. The number of nitrogens with zero attached hydrogens (tertiary/aromatic N) is 3. The number of hydrogen-bond acceptors (Lipinski definition) is 6. The maximum absolute atomic E-state index is 11.5. The zero-order valence-corrected chi connectivity index (χ0v) is 13.3. The molecule has 19 heavy (non-hydrogen) atoms. The Hall–Kier alpha value is -0.530. The van der Waals surface area contributed by atoms with E-state index in [0.29, 0.717) is 23.4 Å². The lowest BCUT2D eigenvalue weighted by molar-refractivity contribution is 0.586. The van der Waals surface area contributed by atoms with E-state index >= 15 is 0 Å². The van der Waals surface area contributed by atoms with Crippen LogP contribution in [0.25, 0.3) is 0 Å². The highest BCUT2D eigenvalue weighted by Gasteiger charge is 2.24. The minimum atomic E-state index is -2.89. The Kier molecular flexibility index (Phi) is 4.58. The van der Waals surface area contributed by atoms with E-state index in [9.17, 15) is 8.42 Å². The molecule has 0 atom stereocenters. The van der Waals surface area contributed by atoms with Crippen LogP contribution >= 0.6 is 23.4 Å². The molecule has 1 fully saturated rings. The van der Waals surface area contributed by atoms with Crippen molar-refractivity contribution in [1.29, 1.82) is 0 Å². The van der Waals surface area contributed by atoms with Crippen molar-refractivity contribution in [3.63, 3.8) is 0 Å². The first-order valence-corrected chi connectivity index (χ1v) is 9.23. The summed E-state index contributed by atoms with van der Waals surface area (Å²) in [6.07, 6.45) is 0. The molecule has 1 saturated heterocycles. The minimum absolute atomic E-state index is 0.171. The monoisotopic (exact) mass is 321 g/mol. The van der Waals surface area contributed by atoms with E-state index in [0.717, 1.165) is 17.1 Å². The fraction of sp³-hybridized carbons (Fsp3) is 0.636. The van der Waals surface area contributed by atoms with E-state index in [1.54, 1.807) is 0 Å². The molecule has 0 bridgehead atoms. The standard InChI is InChI=1S/C11H16ClN3O2S2/c1-3-18-11-13-9(12)8(2)10(14-11)15-4-6-19(16,17)7-5-15/h3-7H2,1-2H3. The van der Waals surface area contributed by atoms with Gasteiger partial charge in [0.05, 0.1) is 11.5 Å². The maximum Gasteiger partial charge on any atom is 0.190 e. The van der Waals surface area contributed by atoms with Crippen LogP contribution in [0.2, 0.25) is 5.15 Å². The Bertz CT molecular complexity index is 564. The molecule has 1 aliphatic rings. The van der Waals surface area contributed by atoms with Crippen LogP contribution in [-0.2, 0) is 9.84 Å². The van der Waals surface area contributed by atoms with Crippen LogP contribution in [0.3, 0.4) is 0 Å². The Balaban J connectivity index is 2.29. The van der Waals surface area contributed by atoms with Crippen molar-refractivity contribution in [1.82, 2.24) is 9.97 Å². The zero-order chi connectivity index (χ0) is 14.0. The van der Waals surface area contributed by atoms with Gasteiger partial charge in [-0.25, -0.2) is 18.4 Å². The molecule has 0 N–H and O–H groups in total. The van der Waals surface area contributed by atoms with Gasteiger partial charge in [-0.1, -0.05) is 30.3 Å². The Labute approximate surface area is 122 Å². The predicted molar refractivity (Wildman–Crippen MR) is 79.0 cm³/mol. The number of halogens is 1. The van der Waals surface area contributed by atoms with E-state index in [2.05, 4.69) is 9.97 Å². The molecule has 1 aliphatic heterocycles. The van der Waals surface area contributed by atoms with Gasteiger partial charge < -0.3 is 4.90 Å². The molecule has 0 radical (unpaired) electrons. The number of aromatic nitrogens is 2. The molecule has 5 nitrogen and oxygen atoms in total. The van der Waals surface area contributed by atoms with Crippen LogP contribution < -0.4 is 4.90 Å². The lowest BCUT2D eigenvalue weighted by Gasteiger charge is -2.29. The van der Waals surface area contributed by atoms with Crippen LogP contribution in [0, 0.1) is 6.92 Å². The van der Waals surface area contributed by atoms with Gasteiger partial charge in [0, 0.05) is 18.7 Å². The van der Waals surface area contributed by atoms with Crippen molar-refractivity contribution in [2.45, 2.75) is 19.0 Å². The van der Waals surface area contributed by atoms with Crippen molar-refractivity contribution < 1.29 is 8.42 Å². The molecule has 0 aliphatic carbocycles. The number of sulfone groups is 1. The summed E-state index contributed by atoms with van der Waals surface area (Å²) < 4.78 is 22.9. The van der Waals surface area contributed by atoms with Gasteiger partial charge in [-0.3, -0.25) is 0 Å². The number of hydrogen-bond donors (Lipinski definition) is 0. The highest BCUT2D eigenvalue weighted by molar-refractivity contribution is 7.99. The van der Waals surface area contributed by atoms with Gasteiger partial charge in [-0.15, -0.1) is 0 Å². The molecule has 0 amide bonds. The smallest absolute Gasteiger partial charge is 0.190 e. The quantitative estimate of drug-likeness (QED) is 0.480. The first-order chi connectivity index (χ1) is 8.93. The molecular formula is C11H16ClN3O2S2. The van der Waals surface area contributed by atoms with E-state index in [1.807, 2.05) is 18.7 Å². The van der Waals surface area contributed by atoms with Gasteiger partial charge in [0.2, 0.25) is 0 Å². The van der Waals surface area contributed by atoms with E-state index < -0.39 is 9.84 Å². The summed E-state index contributed by atoms with van der Waals surface area (Å²) in [5.41, 5.74) is 0.807. The molecular weight excluding hydrogens is 306 g/mol. The fourth-order valence-electron chi connectivity index (χ4n) is 1.89. The van der Waals surface area contributed by atoms with Crippen molar-refractivity contribution in [2.24, 2.45) is 0 Å². The molecule has 1 aromatic rings. The van der Waals surface area contributed by atoms with Crippen molar-refractivity contribution in [3.8, 4) is 0 Å². The third-order valence-corrected chi connectivity index (χ3v) is 5.66. The second-order valence-corrected chi connectivity index (χ2v) is 8.21.